The zero-order valence-corrected chi connectivity index (χ0v) is 7.40. The lowest BCUT2D eigenvalue weighted by Gasteiger charge is -2.28. The molecule has 0 saturated heterocycles. The van der Waals surface area contributed by atoms with Crippen LogP contribution in [0.3, 0.4) is 0 Å². The van der Waals surface area contributed by atoms with Crippen molar-refractivity contribution < 1.29 is 4.79 Å². The van der Waals surface area contributed by atoms with Gasteiger partial charge >= 0.3 is 0 Å². The van der Waals surface area contributed by atoms with Crippen molar-refractivity contribution in [3.8, 4) is 0 Å². The van der Waals surface area contributed by atoms with Gasteiger partial charge in [0, 0.05) is 21.0 Å². The first-order valence-electron chi connectivity index (χ1n) is 3.27. The molecule has 0 atom stereocenters. The maximum Gasteiger partial charge on any atom is 0.247 e. The van der Waals surface area contributed by atoms with Crippen LogP contribution in [0.2, 0.25) is 0 Å². The molecular weight excluding hydrogens is 160 g/mol. The first-order valence-corrected chi connectivity index (χ1v) is 3.27. The van der Waals surface area contributed by atoms with Gasteiger partial charge in [0.1, 0.15) is 0 Å². The summed E-state index contributed by atoms with van der Waals surface area (Å²) >= 11 is 0. The molecule has 12 heavy (non-hydrogen) atoms. The first kappa shape index (κ1) is 10.5. The Morgan fingerprint density at radius 2 is 2.00 bits per heavy atom. The molecule has 5 N–H and O–H groups in total. The van der Waals surface area contributed by atoms with E-state index >= 15 is 0 Å². The predicted molar refractivity (Wildman–Crippen MR) is 45.2 cm³/mol. The standard InChI is InChI=1S/C5H14N6O/c1-4(12)9-11(10(2)3)5(6)8-7/h7H2,1-3H3,(H2,6,8)(H,9,12). The van der Waals surface area contributed by atoms with Gasteiger partial charge in [-0.05, 0) is 0 Å². The van der Waals surface area contributed by atoms with Crippen LogP contribution in [-0.4, -0.2) is 36.1 Å². The number of nitrogens with zero attached hydrogens (tertiary/aromatic N) is 3. The fourth-order valence-electron chi connectivity index (χ4n) is 0.566. The molecule has 0 aromatic rings. The van der Waals surface area contributed by atoms with Crippen LogP contribution in [0.15, 0.2) is 5.10 Å². The number of hydrazone groups is 1. The van der Waals surface area contributed by atoms with Crippen LogP contribution >= 0.6 is 0 Å². The van der Waals surface area contributed by atoms with Gasteiger partial charge in [0.15, 0.2) is 0 Å². The summed E-state index contributed by atoms with van der Waals surface area (Å²) in [5, 5.41) is 5.99. The van der Waals surface area contributed by atoms with Gasteiger partial charge in [-0.2, -0.15) is 5.12 Å². The van der Waals surface area contributed by atoms with Gasteiger partial charge in [-0.3, -0.25) is 4.79 Å². The van der Waals surface area contributed by atoms with E-state index in [9.17, 15) is 4.79 Å². The Morgan fingerprint density at radius 1 is 1.50 bits per heavy atom. The van der Waals surface area contributed by atoms with E-state index in [1.165, 1.54) is 17.1 Å². The average molecular weight is 174 g/mol. The Hall–Kier alpha value is -1.50. The molecule has 0 aliphatic carbocycles. The maximum atomic E-state index is 10.6. The van der Waals surface area contributed by atoms with E-state index in [1.54, 1.807) is 14.1 Å². The van der Waals surface area contributed by atoms with Crippen molar-refractivity contribution in [2.24, 2.45) is 16.7 Å². The number of hydrogen-bond acceptors (Lipinski definition) is 4. The second-order valence-corrected chi connectivity index (χ2v) is 2.31. The Bertz CT molecular complexity index is 188. The fourth-order valence-corrected chi connectivity index (χ4v) is 0.566. The highest BCUT2D eigenvalue weighted by Crippen LogP contribution is 1.84. The van der Waals surface area contributed by atoms with Gasteiger partial charge < -0.3 is 11.6 Å². The van der Waals surface area contributed by atoms with Crippen LogP contribution in [-0.2, 0) is 4.79 Å². The molecule has 0 spiro atoms. The number of rotatable bonds is 1. The summed E-state index contributed by atoms with van der Waals surface area (Å²) in [7, 11) is 3.38. The smallest absolute Gasteiger partial charge is 0.247 e. The molecule has 0 aliphatic heterocycles. The number of carbonyl (C=O) groups excluding carboxylic acids is 1. The third kappa shape index (κ3) is 3.06. The summed E-state index contributed by atoms with van der Waals surface area (Å²) in [5.41, 5.74) is 7.78. The lowest BCUT2D eigenvalue weighted by Crippen LogP contribution is -2.55. The zero-order valence-electron chi connectivity index (χ0n) is 7.40. The molecule has 0 aromatic heterocycles. The van der Waals surface area contributed by atoms with E-state index in [2.05, 4.69) is 10.5 Å². The molecule has 1 amide bonds. The minimum atomic E-state index is -0.254. The second-order valence-electron chi connectivity index (χ2n) is 2.31. The van der Waals surface area contributed by atoms with Crippen LogP contribution in [0.5, 0.6) is 0 Å². The molecule has 0 radical (unpaired) electrons. The van der Waals surface area contributed by atoms with E-state index in [-0.39, 0.29) is 11.9 Å². The second kappa shape index (κ2) is 4.39. The molecule has 0 unspecified atom stereocenters. The van der Waals surface area contributed by atoms with Gasteiger partial charge in [0.25, 0.3) is 0 Å². The molecule has 0 aromatic carbocycles. The molecule has 7 nitrogen and oxygen atoms in total. The van der Waals surface area contributed by atoms with Crippen LogP contribution in [0.25, 0.3) is 0 Å². The number of guanidine groups is 1. The fraction of sp³-hybridized carbons (Fsp3) is 0.600. The molecule has 0 fully saturated rings. The molecule has 70 valence electrons. The van der Waals surface area contributed by atoms with Crippen molar-refractivity contribution in [1.29, 1.82) is 0 Å². The lowest BCUT2D eigenvalue weighted by atomic mass is 10.7. The van der Waals surface area contributed by atoms with E-state index in [0.29, 0.717) is 0 Å². The summed E-state index contributed by atoms with van der Waals surface area (Å²) in [6.45, 7) is 1.36. The Morgan fingerprint density at radius 3 is 2.25 bits per heavy atom. The van der Waals surface area contributed by atoms with Gasteiger partial charge in [-0.25, -0.2) is 10.4 Å². The molecule has 0 saturated carbocycles. The molecule has 0 aliphatic rings. The quantitative estimate of drug-likeness (QED) is 0.185. The van der Waals surface area contributed by atoms with E-state index < -0.39 is 0 Å². The van der Waals surface area contributed by atoms with Crippen molar-refractivity contribution in [3.05, 3.63) is 0 Å². The zero-order chi connectivity index (χ0) is 9.72. The van der Waals surface area contributed by atoms with E-state index in [0.717, 1.165) is 0 Å². The van der Waals surface area contributed by atoms with Gasteiger partial charge in [0.05, 0.1) is 0 Å². The van der Waals surface area contributed by atoms with Crippen molar-refractivity contribution in [1.82, 2.24) is 15.6 Å². The summed E-state index contributed by atoms with van der Waals surface area (Å²) in [5.74, 6) is 4.68. The monoisotopic (exact) mass is 174 g/mol. The molecule has 0 heterocycles. The lowest BCUT2D eigenvalue weighted by molar-refractivity contribution is -0.126. The molecule has 0 bridgehead atoms. The Labute approximate surface area is 70.9 Å². The van der Waals surface area contributed by atoms with Gasteiger partial charge in [0.2, 0.25) is 11.9 Å². The largest absolute Gasteiger partial charge is 0.366 e. The predicted octanol–water partition coefficient (Wildman–Crippen LogP) is -2.00. The van der Waals surface area contributed by atoms with Crippen LogP contribution in [0.4, 0.5) is 0 Å². The van der Waals surface area contributed by atoms with Crippen molar-refractivity contribution in [2.75, 3.05) is 14.1 Å². The summed E-state index contributed by atoms with van der Waals surface area (Å²) < 4.78 is 0. The van der Waals surface area contributed by atoms with Crippen molar-refractivity contribution in [3.63, 3.8) is 0 Å². The minimum absolute atomic E-state index is 0.00944. The molecule has 0 rings (SSSR count). The first-order chi connectivity index (χ1) is 5.49. The van der Waals surface area contributed by atoms with Crippen LogP contribution in [0.1, 0.15) is 6.92 Å². The number of hydrazine groups is 2. The third-order valence-corrected chi connectivity index (χ3v) is 1.01. The topological polar surface area (TPSA) is 100.0 Å². The molecular formula is C5H14N6O. The molecule has 7 heteroatoms. The number of nitrogens with one attached hydrogen (secondary N) is 1. The minimum Gasteiger partial charge on any atom is -0.366 e. The highest BCUT2D eigenvalue weighted by molar-refractivity contribution is 5.81. The highest BCUT2D eigenvalue weighted by atomic mass is 16.2. The Kier molecular flexibility index (Phi) is 3.84. The number of nitrogens with two attached hydrogens (primary N) is 2. The summed E-state index contributed by atoms with van der Waals surface area (Å²) in [6, 6.07) is 0. The van der Waals surface area contributed by atoms with Gasteiger partial charge in [-0.15, -0.1) is 5.10 Å². The van der Waals surface area contributed by atoms with Crippen LogP contribution < -0.4 is 17.0 Å². The normalized spacial score (nSPS) is 11.5. The summed E-state index contributed by atoms with van der Waals surface area (Å²) in [6.07, 6.45) is 0. The van der Waals surface area contributed by atoms with E-state index in [4.69, 9.17) is 11.6 Å². The van der Waals surface area contributed by atoms with Gasteiger partial charge in [-0.1, -0.05) is 0 Å². The number of amides is 1. The highest BCUT2D eigenvalue weighted by Gasteiger charge is 2.10. The van der Waals surface area contributed by atoms with Crippen molar-refractivity contribution >= 4 is 11.9 Å². The third-order valence-electron chi connectivity index (χ3n) is 1.01. The Balaban J connectivity index is 4.34. The van der Waals surface area contributed by atoms with Crippen LogP contribution in [0, 0.1) is 0 Å². The van der Waals surface area contributed by atoms with Crippen molar-refractivity contribution in [2.45, 2.75) is 6.92 Å². The number of hydrogen-bond donors (Lipinski definition) is 3. The summed E-state index contributed by atoms with van der Waals surface area (Å²) in [4.78, 5) is 10.6. The average Bonchev–Trinajstić information content (AvgIpc) is 1.98. The SMILES string of the molecule is CC(=O)NN(C(N)=NN)N(C)C. The number of carbonyl (C=O) groups is 1. The maximum absolute atomic E-state index is 10.6. The van der Waals surface area contributed by atoms with E-state index in [1.807, 2.05) is 0 Å².